The molecule has 0 aromatic carbocycles. The molecule has 1 rings (SSSR count). The molecular formula is C13H21N3O2. The van der Waals surface area contributed by atoms with Crippen LogP contribution in [-0.4, -0.2) is 36.6 Å². The number of carbonyl (C=O) groups excluding carboxylic acids is 1. The lowest BCUT2D eigenvalue weighted by molar-refractivity contribution is -0.138. The highest BCUT2D eigenvalue weighted by Crippen LogP contribution is 2.20. The molecule has 0 aliphatic heterocycles. The van der Waals surface area contributed by atoms with Gasteiger partial charge in [0.05, 0.1) is 7.11 Å². The van der Waals surface area contributed by atoms with E-state index in [-0.39, 0.29) is 17.9 Å². The van der Waals surface area contributed by atoms with Crippen molar-refractivity contribution in [1.82, 2.24) is 9.97 Å². The van der Waals surface area contributed by atoms with Crippen LogP contribution in [0.2, 0.25) is 0 Å². The van der Waals surface area contributed by atoms with E-state index < -0.39 is 0 Å². The molecule has 1 aromatic rings. The van der Waals surface area contributed by atoms with Crippen molar-refractivity contribution in [3.05, 3.63) is 18.1 Å². The Morgan fingerprint density at radius 2 is 2.06 bits per heavy atom. The first-order valence-corrected chi connectivity index (χ1v) is 5.91. The Kier molecular flexibility index (Phi) is 4.64. The summed E-state index contributed by atoms with van der Waals surface area (Å²) in [6.45, 7) is 6.66. The topological polar surface area (TPSA) is 55.3 Å². The molecule has 0 spiro atoms. The number of methoxy groups -OCH3 is 1. The van der Waals surface area contributed by atoms with Gasteiger partial charge in [0.1, 0.15) is 18.7 Å². The molecule has 0 N–H and O–H groups in total. The first-order chi connectivity index (χ1) is 8.31. The van der Waals surface area contributed by atoms with Gasteiger partial charge < -0.3 is 9.64 Å². The van der Waals surface area contributed by atoms with Crippen LogP contribution in [0.15, 0.2) is 12.4 Å². The zero-order valence-corrected chi connectivity index (χ0v) is 11.7. The SMILES string of the molecule is COC(=O)CN(C)c1cc(CC(C)(C)C)ncn1. The summed E-state index contributed by atoms with van der Waals surface area (Å²) < 4.78 is 4.63. The Bertz CT molecular complexity index is 413. The van der Waals surface area contributed by atoms with Crippen molar-refractivity contribution in [3.63, 3.8) is 0 Å². The van der Waals surface area contributed by atoms with Gasteiger partial charge in [0, 0.05) is 18.8 Å². The van der Waals surface area contributed by atoms with E-state index >= 15 is 0 Å². The standard InChI is InChI=1S/C13H21N3O2/c1-13(2,3)7-10-6-11(15-9-14-10)16(4)8-12(17)18-5/h6,9H,7-8H2,1-5H3. The van der Waals surface area contributed by atoms with Crippen LogP contribution in [0.3, 0.4) is 0 Å². The van der Waals surface area contributed by atoms with E-state index in [4.69, 9.17) is 0 Å². The molecule has 5 nitrogen and oxygen atoms in total. The van der Waals surface area contributed by atoms with E-state index in [1.165, 1.54) is 13.4 Å². The highest BCUT2D eigenvalue weighted by molar-refractivity contribution is 5.74. The number of nitrogens with zero attached hydrogens (tertiary/aromatic N) is 3. The minimum absolute atomic E-state index is 0.173. The minimum Gasteiger partial charge on any atom is -0.468 e. The van der Waals surface area contributed by atoms with Crippen LogP contribution in [-0.2, 0) is 16.0 Å². The summed E-state index contributed by atoms with van der Waals surface area (Å²) in [5.74, 6) is 0.447. The van der Waals surface area contributed by atoms with Gasteiger partial charge in [0.15, 0.2) is 0 Å². The van der Waals surface area contributed by atoms with Crippen molar-refractivity contribution < 1.29 is 9.53 Å². The fourth-order valence-corrected chi connectivity index (χ4v) is 1.57. The van der Waals surface area contributed by atoms with E-state index in [2.05, 4.69) is 35.5 Å². The number of anilines is 1. The molecule has 100 valence electrons. The molecular weight excluding hydrogens is 230 g/mol. The van der Waals surface area contributed by atoms with Crippen LogP contribution in [0.25, 0.3) is 0 Å². The second-order valence-electron chi connectivity index (χ2n) is 5.54. The van der Waals surface area contributed by atoms with Crippen molar-refractivity contribution in [2.45, 2.75) is 27.2 Å². The molecule has 0 radical (unpaired) electrons. The smallest absolute Gasteiger partial charge is 0.325 e. The summed E-state index contributed by atoms with van der Waals surface area (Å²) >= 11 is 0. The van der Waals surface area contributed by atoms with E-state index in [1.807, 2.05) is 6.07 Å². The van der Waals surface area contributed by atoms with Gasteiger partial charge in [-0.1, -0.05) is 20.8 Å². The number of esters is 1. The second kappa shape index (κ2) is 5.80. The average molecular weight is 251 g/mol. The van der Waals surface area contributed by atoms with Gasteiger partial charge in [0.2, 0.25) is 0 Å². The average Bonchev–Trinajstić information content (AvgIpc) is 2.26. The van der Waals surface area contributed by atoms with Gasteiger partial charge in [-0.25, -0.2) is 9.97 Å². The summed E-state index contributed by atoms with van der Waals surface area (Å²) in [5, 5.41) is 0. The van der Waals surface area contributed by atoms with Gasteiger partial charge in [0.25, 0.3) is 0 Å². The monoisotopic (exact) mass is 251 g/mol. The van der Waals surface area contributed by atoms with Crippen molar-refractivity contribution in [2.24, 2.45) is 5.41 Å². The summed E-state index contributed by atoms with van der Waals surface area (Å²) in [4.78, 5) is 21.4. The van der Waals surface area contributed by atoms with Gasteiger partial charge in [-0.05, 0) is 11.8 Å². The fourth-order valence-electron chi connectivity index (χ4n) is 1.57. The normalized spacial score (nSPS) is 11.2. The number of hydrogen-bond donors (Lipinski definition) is 0. The predicted octanol–water partition coefficient (Wildman–Crippen LogP) is 1.67. The van der Waals surface area contributed by atoms with Crippen LogP contribution in [0, 0.1) is 5.41 Å². The molecule has 0 saturated carbocycles. The molecule has 0 saturated heterocycles. The maximum absolute atomic E-state index is 11.2. The zero-order valence-electron chi connectivity index (χ0n) is 11.7. The largest absolute Gasteiger partial charge is 0.468 e. The zero-order chi connectivity index (χ0) is 13.8. The number of ether oxygens (including phenoxy) is 1. The molecule has 18 heavy (non-hydrogen) atoms. The molecule has 0 amide bonds. The number of hydrogen-bond acceptors (Lipinski definition) is 5. The van der Waals surface area contributed by atoms with E-state index in [0.717, 1.165) is 17.9 Å². The summed E-state index contributed by atoms with van der Waals surface area (Å²) in [7, 11) is 3.18. The third-order valence-electron chi connectivity index (χ3n) is 2.41. The quantitative estimate of drug-likeness (QED) is 0.762. The van der Waals surface area contributed by atoms with Crippen LogP contribution >= 0.6 is 0 Å². The van der Waals surface area contributed by atoms with E-state index in [1.54, 1.807) is 11.9 Å². The van der Waals surface area contributed by atoms with Gasteiger partial charge >= 0.3 is 5.97 Å². The van der Waals surface area contributed by atoms with Crippen molar-refractivity contribution >= 4 is 11.8 Å². The van der Waals surface area contributed by atoms with Gasteiger partial charge in [-0.2, -0.15) is 0 Å². The lowest BCUT2D eigenvalue weighted by atomic mass is 9.90. The molecule has 0 fully saturated rings. The summed E-state index contributed by atoms with van der Waals surface area (Å²) in [6.07, 6.45) is 2.40. The number of rotatable bonds is 4. The first kappa shape index (κ1) is 14.4. The maximum Gasteiger partial charge on any atom is 0.325 e. The molecule has 0 bridgehead atoms. The van der Waals surface area contributed by atoms with Crippen LogP contribution in [0.1, 0.15) is 26.5 Å². The Morgan fingerprint density at radius 1 is 1.39 bits per heavy atom. The molecule has 0 atom stereocenters. The van der Waals surface area contributed by atoms with Crippen molar-refractivity contribution in [1.29, 1.82) is 0 Å². The number of carbonyl (C=O) groups is 1. The fraction of sp³-hybridized carbons (Fsp3) is 0.615. The maximum atomic E-state index is 11.2. The first-order valence-electron chi connectivity index (χ1n) is 5.91. The molecule has 0 aliphatic rings. The summed E-state index contributed by atoms with van der Waals surface area (Å²) in [6, 6.07) is 1.91. The Balaban J connectivity index is 2.78. The molecule has 0 aliphatic carbocycles. The highest BCUT2D eigenvalue weighted by Gasteiger charge is 2.14. The third-order valence-corrected chi connectivity index (χ3v) is 2.41. The molecule has 1 aromatic heterocycles. The number of likely N-dealkylation sites (N-methyl/N-ethyl adjacent to an activating group) is 1. The molecule has 0 unspecified atom stereocenters. The van der Waals surface area contributed by atoms with E-state index in [0.29, 0.717) is 0 Å². The van der Waals surface area contributed by atoms with Crippen LogP contribution in [0.5, 0.6) is 0 Å². The van der Waals surface area contributed by atoms with E-state index in [9.17, 15) is 4.79 Å². The van der Waals surface area contributed by atoms with Gasteiger partial charge in [-0.3, -0.25) is 4.79 Å². The molecule has 5 heteroatoms. The Hall–Kier alpha value is -1.65. The highest BCUT2D eigenvalue weighted by atomic mass is 16.5. The second-order valence-corrected chi connectivity index (χ2v) is 5.54. The van der Waals surface area contributed by atoms with Crippen molar-refractivity contribution in [3.8, 4) is 0 Å². The third kappa shape index (κ3) is 4.69. The van der Waals surface area contributed by atoms with Gasteiger partial charge in [-0.15, -0.1) is 0 Å². The molecule has 1 heterocycles. The predicted molar refractivity (Wildman–Crippen MR) is 70.5 cm³/mol. The lowest BCUT2D eigenvalue weighted by Crippen LogP contribution is -2.27. The van der Waals surface area contributed by atoms with Crippen molar-refractivity contribution in [2.75, 3.05) is 25.6 Å². The van der Waals surface area contributed by atoms with Crippen LogP contribution in [0.4, 0.5) is 5.82 Å². The summed E-state index contributed by atoms with van der Waals surface area (Å²) in [5.41, 5.74) is 1.15. The number of aromatic nitrogens is 2. The minimum atomic E-state index is -0.284. The Morgan fingerprint density at radius 3 is 2.61 bits per heavy atom. The Labute approximate surface area is 108 Å². The van der Waals surface area contributed by atoms with Crippen LogP contribution < -0.4 is 4.90 Å². The lowest BCUT2D eigenvalue weighted by Gasteiger charge is -2.20.